The molecule has 3 aromatic carbocycles. The number of hydrogen-bond donors (Lipinski definition) is 0. The van der Waals surface area contributed by atoms with Gasteiger partial charge < -0.3 is 4.42 Å². The van der Waals surface area contributed by atoms with Crippen molar-refractivity contribution in [2.24, 2.45) is 0 Å². The van der Waals surface area contributed by atoms with Gasteiger partial charge in [-0.1, -0.05) is 47.7 Å². The molecule has 0 atom stereocenters. The lowest BCUT2D eigenvalue weighted by Gasteiger charge is -1.97. The van der Waals surface area contributed by atoms with Gasteiger partial charge in [0.2, 0.25) is 11.8 Å². The Kier molecular flexibility index (Phi) is 4.32. The average Bonchev–Trinajstić information content (AvgIpc) is 3.18. The normalized spacial score (nSPS) is 10.2. The quantitative estimate of drug-likeness (QED) is 0.477. The molecule has 124 valence electrons. The van der Waals surface area contributed by atoms with E-state index in [1.165, 1.54) is 5.56 Å². The minimum atomic E-state index is 0.503. The average molecular weight is 336 g/mol. The molecule has 4 rings (SSSR count). The van der Waals surface area contributed by atoms with Gasteiger partial charge >= 0.3 is 0 Å². The Bertz CT molecular complexity index is 1070. The molecule has 0 aliphatic carbocycles. The van der Waals surface area contributed by atoms with Crippen molar-refractivity contribution in [3.8, 4) is 34.7 Å². The molecule has 26 heavy (non-hydrogen) atoms. The van der Waals surface area contributed by atoms with Crippen LogP contribution >= 0.6 is 0 Å². The van der Waals surface area contributed by atoms with Crippen LogP contribution in [0.2, 0.25) is 0 Å². The molecule has 0 fully saturated rings. The number of rotatable bonds is 2. The minimum Gasteiger partial charge on any atom is -0.416 e. The molecule has 0 N–H and O–H groups in total. The first-order chi connectivity index (χ1) is 12.8. The topological polar surface area (TPSA) is 38.9 Å². The summed E-state index contributed by atoms with van der Waals surface area (Å²) in [5, 5.41) is 8.30. The molecular formula is C23H16N2O. The third-order valence-electron chi connectivity index (χ3n) is 3.98. The lowest BCUT2D eigenvalue weighted by atomic mass is 10.1. The Morgan fingerprint density at radius 1 is 0.615 bits per heavy atom. The summed E-state index contributed by atoms with van der Waals surface area (Å²) in [6.45, 7) is 2.05. The summed E-state index contributed by atoms with van der Waals surface area (Å²) >= 11 is 0. The van der Waals surface area contributed by atoms with E-state index in [1.807, 2.05) is 85.8 Å². The van der Waals surface area contributed by atoms with Crippen LogP contribution in [0.3, 0.4) is 0 Å². The van der Waals surface area contributed by atoms with Crippen LogP contribution in [0.25, 0.3) is 22.9 Å². The van der Waals surface area contributed by atoms with Crippen LogP contribution in [0.15, 0.2) is 83.3 Å². The molecule has 0 radical (unpaired) electrons. The molecule has 1 aromatic heterocycles. The van der Waals surface area contributed by atoms with Crippen molar-refractivity contribution in [1.29, 1.82) is 0 Å². The monoisotopic (exact) mass is 336 g/mol. The van der Waals surface area contributed by atoms with E-state index in [9.17, 15) is 0 Å². The van der Waals surface area contributed by atoms with E-state index in [-0.39, 0.29) is 0 Å². The third-order valence-corrected chi connectivity index (χ3v) is 3.98. The summed E-state index contributed by atoms with van der Waals surface area (Å²) in [6.07, 6.45) is 0. The van der Waals surface area contributed by atoms with Gasteiger partial charge in [0.1, 0.15) is 0 Å². The largest absolute Gasteiger partial charge is 0.416 e. The maximum Gasteiger partial charge on any atom is 0.248 e. The lowest BCUT2D eigenvalue weighted by molar-refractivity contribution is 0.584. The maximum absolute atomic E-state index is 5.81. The highest BCUT2D eigenvalue weighted by Crippen LogP contribution is 2.24. The van der Waals surface area contributed by atoms with Crippen LogP contribution in [-0.4, -0.2) is 10.2 Å². The predicted octanol–water partition coefficient (Wildman–Crippen LogP) is 5.11. The Morgan fingerprint density at radius 3 is 1.69 bits per heavy atom. The fraction of sp³-hybridized carbons (Fsp3) is 0.0435. The summed E-state index contributed by atoms with van der Waals surface area (Å²) in [6, 6.07) is 25.8. The molecule has 0 aliphatic heterocycles. The highest BCUT2D eigenvalue weighted by atomic mass is 16.4. The molecule has 0 spiro atoms. The predicted molar refractivity (Wildman–Crippen MR) is 102 cm³/mol. The van der Waals surface area contributed by atoms with Gasteiger partial charge in [-0.2, -0.15) is 0 Å². The Morgan fingerprint density at radius 2 is 1.12 bits per heavy atom. The van der Waals surface area contributed by atoms with Crippen molar-refractivity contribution in [2.45, 2.75) is 6.92 Å². The molecule has 3 heteroatoms. The van der Waals surface area contributed by atoms with Crippen molar-refractivity contribution in [1.82, 2.24) is 10.2 Å². The van der Waals surface area contributed by atoms with Crippen molar-refractivity contribution >= 4 is 0 Å². The van der Waals surface area contributed by atoms with Crippen LogP contribution in [-0.2, 0) is 0 Å². The number of nitrogens with zero attached hydrogens (tertiary/aromatic N) is 2. The lowest BCUT2D eigenvalue weighted by Crippen LogP contribution is -1.80. The molecule has 0 saturated carbocycles. The second kappa shape index (κ2) is 7.08. The summed E-state index contributed by atoms with van der Waals surface area (Å²) < 4.78 is 5.81. The van der Waals surface area contributed by atoms with Crippen molar-refractivity contribution in [3.05, 3.63) is 95.6 Å². The fourth-order valence-corrected chi connectivity index (χ4v) is 2.51. The van der Waals surface area contributed by atoms with Crippen LogP contribution in [0, 0.1) is 18.8 Å². The molecule has 3 nitrogen and oxygen atoms in total. The molecule has 1 heterocycles. The Balaban J connectivity index is 1.54. The summed E-state index contributed by atoms with van der Waals surface area (Å²) in [4.78, 5) is 0. The first-order valence-electron chi connectivity index (χ1n) is 8.36. The van der Waals surface area contributed by atoms with Gasteiger partial charge in [-0.25, -0.2) is 0 Å². The van der Waals surface area contributed by atoms with E-state index < -0.39 is 0 Å². The van der Waals surface area contributed by atoms with E-state index >= 15 is 0 Å². The van der Waals surface area contributed by atoms with Gasteiger partial charge in [-0.05, 0) is 55.5 Å². The standard InChI is InChI=1S/C23H16N2O/c1-17-7-13-20(14-8-17)22-24-25-23(26-22)21-15-11-19(12-16-21)10-9-18-5-3-2-4-6-18/h2-8,11-16H,1H3. The first-order valence-corrected chi connectivity index (χ1v) is 8.36. The van der Waals surface area contributed by atoms with Crippen LogP contribution < -0.4 is 0 Å². The zero-order valence-electron chi connectivity index (χ0n) is 14.3. The van der Waals surface area contributed by atoms with Crippen LogP contribution in [0.1, 0.15) is 16.7 Å². The summed E-state index contributed by atoms with van der Waals surface area (Å²) in [7, 11) is 0. The van der Waals surface area contributed by atoms with E-state index in [2.05, 4.69) is 22.0 Å². The molecule has 0 bridgehead atoms. The second-order valence-corrected chi connectivity index (χ2v) is 5.97. The molecule has 0 unspecified atom stereocenters. The molecule has 4 aromatic rings. The molecular weight excluding hydrogens is 320 g/mol. The number of hydrogen-bond acceptors (Lipinski definition) is 3. The van der Waals surface area contributed by atoms with Crippen LogP contribution in [0.4, 0.5) is 0 Å². The maximum atomic E-state index is 5.81. The van der Waals surface area contributed by atoms with E-state index in [4.69, 9.17) is 4.42 Å². The van der Waals surface area contributed by atoms with Gasteiger partial charge in [-0.15, -0.1) is 10.2 Å². The summed E-state index contributed by atoms with van der Waals surface area (Å²) in [5.74, 6) is 7.33. The minimum absolute atomic E-state index is 0.503. The Hall–Kier alpha value is -3.64. The van der Waals surface area contributed by atoms with Crippen molar-refractivity contribution < 1.29 is 4.42 Å². The number of aromatic nitrogens is 2. The Labute approximate surface area is 152 Å². The fourth-order valence-electron chi connectivity index (χ4n) is 2.51. The van der Waals surface area contributed by atoms with Gasteiger partial charge in [0.25, 0.3) is 0 Å². The molecule has 0 aliphatic rings. The van der Waals surface area contributed by atoms with Gasteiger partial charge in [0.05, 0.1) is 0 Å². The summed E-state index contributed by atoms with van der Waals surface area (Å²) in [5.41, 5.74) is 4.92. The van der Waals surface area contributed by atoms with Gasteiger partial charge in [-0.3, -0.25) is 0 Å². The van der Waals surface area contributed by atoms with E-state index in [0.29, 0.717) is 11.8 Å². The molecule has 0 amide bonds. The number of aryl methyl sites for hydroxylation is 1. The highest BCUT2D eigenvalue weighted by Gasteiger charge is 2.10. The SMILES string of the molecule is Cc1ccc(-c2nnc(-c3ccc(C#Cc4ccccc4)cc3)o2)cc1. The molecule has 0 saturated heterocycles. The second-order valence-electron chi connectivity index (χ2n) is 5.97. The highest BCUT2D eigenvalue weighted by molar-refractivity contribution is 5.59. The van der Waals surface area contributed by atoms with Crippen molar-refractivity contribution in [3.63, 3.8) is 0 Å². The number of benzene rings is 3. The zero-order valence-corrected chi connectivity index (χ0v) is 14.3. The first kappa shape index (κ1) is 15.9. The van der Waals surface area contributed by atoms with E-state index in [1.54, 1.807) is 0 Å². The zero-order chi connectivity index (χ0) is 17.8. The van der Waals surface area contributed by atoms with Crippen molar-refractivity contribution in [2.75, 3.05) is 0 Å². The smallest absolute Gasteiger partial charge is 0.248 e. The van der Waals surface area contributed by atoms with Gasteiger partial charge in [0, 0.05) is 22.3 Å². The third kappa shape index (κ3) is 3.55. The van der Waals surface area contributed by atoms with Crippen LogP contribution in [0.5, 0.6) is 0 Å². The van der Waals surface area contributed by atoms with Gasteiger partial charge in [0.15, 0.2) is 0 Å². The van der Waals surface area contributed by atoms with E-state index in [0.717, 1.165) is 22.3 Å².